The second-order valence-electron chi connectivity index (χ2n) is 4.02. The van der Waals surface area contributed by atoms with Gasteiger partial charge >= 0.3 is 0 Å². The zero-order valence-corrected chi connectivity index (χ0v) is 9.64. The molecule has 16 heavy (non-hydrogen) atoms. The lowest BCUT2D eigenvalue weighted by Crippen LogP contribution is -2.16. The molecule has 2 aromatic heterocycles. The first-order chi connectivity index (χ1) is 7.70. The normalized spacial score (nSPS) is 12.6. The third kappa shape index (κ3) is 2.05. The molecule has 2 aromatic rings. The SMILES string of the molecule is C=CCC(C)Nc1cc(C)cc2ncnn12. The lowest BCUT2D eigenvalue weighted by atomic mass is 10.2. The Morgan fingerprint density at radius 3 is 3.12 bits per heavy atom. The summed E-state index contributed by atoms with van der Waals surface area (Å²) in [6.07, 6.45) is 4.40. The minimum absolute atomic E-state index is 0.340. The van der Waals surface area contributed by atoms with E-state index in [-0.39, 0.29) is 0 Å². The van der Waals surface area contributed by atoms with Crippen LogP contribution < -0.4 is 5.32 Å². The van der Waals surface area contributed by atoms with Gasteiger partial charge in [0.25, 0.3) is 0 Å². The van der Waals surface area contributed by atoms with Gasteiger partial charge in [0, 0.05) is 6.04 Å². The van der Waals surface area contributed by atoms with E-state index in [9.17, 15) is 0 Å². The van der Waals surface area contributed by atoms with Gasteiger partial charge in [-0.1, -0.05) is 6.08 Å². The molecule has 0 saturated carbocycles. The van der Waals surface area contributed by atoms with Crippen molar-refractivity contribution in [1.29, 1.82) is 0 Å². The van der Waals surface area contributed by atoms with Crippen molar-refractivity contribution in [2.75, 3.05) is 5.32 Å². The highest BCUT2D eigenvalue weighted by molar-refractivity contribution is 5.51. The largest absolute Gasteiger partial charge is 0.367 e. The average Bonchev–Trinajstić information content (AvgIpc) is 2.65. The van der Waals surface area contributed by atoms with Crippen molar-refractivity contribution >= 4 is 11.5 Å². The predicted octanol–water partition coefficient (Wildman–Crippen LogP) is 2.41. The lowest BCUT2D eigenvalue weighted by Gasteiger charge is -2.14. The van der Waals surface area contributed by atoms with Crippen molar-refractivity contribution in [3.05, 3.63) is 36.7 Å². The van der Waals surface area contributed by atoms with Crippen LogP contribution in [0.25, 0.3) is 5.65 Å². The van der Waals surface area contributed by atoms with Crippen LogP contribution in [0.2, 0.25) is 0 Å². The van der Waals surface area contributed by atoms with Gasteiger partial charge in [-0.3, -0.25) is 0 Å². The molecule has 0 aliphatic carbocycles. The number of fused-ring (bicyclic) bond motifs is 1. The van der Waals surface area contributed by atoms with Gasteiger partial charge in [0.1, 0.15) is 12.1 Å². The van der Waals surface area contributed by atoms with Crippen LogP contribution in [-0.4, -0.2) is 20.6 Å². The summed E-state index contributed by atoms with van der Waals surface area (Å²) in [5, 5.41) is 7.59. The Balaban J connectivity index is 2.35. The molecule has 0 bridgehead atoms. The highest BCUT2D eigenvalue weighted by Gasteiger charge is 2.06. The number of anilines is 1. The molecule has 84 valence electrons. The molecule has 2 heterocycles. The number of rotatable bonds is 4. The summed E-state index contributed by atoms with van der Waals surface area (Å²) in [5.41, 5.74) is 2.04. The Morgan fingerprint density at radius 2 is 2.38 bits per heavy atom. The molecule has 2 rings (SSSR count). The highest BCUT2D eigenvalue weighted by Crippen LogP contribution is 2.14. The van der Waals surface area contributed by atoms with Gasteiger partial charge in [0.15, 0.2) is 5.65 Å². The quantitative estimate of drug-likeness (QED) is 0.798. The first-order valence-corrected chi connectivity index (χ1v) is 5.38. The summed E-state index contributed by atoms with van der Waals surface area (Å²) in [5.74, 6) is 0.974. The molecule has 1 N–H and O–H groups in total. The summed E-state index contributed by atoms with van der Waals surface area (Å²) >= 11 is 0. The van der Waals surface area contributed by atoms with Gasteiger partial charge < -0.3 is 5.32 Å². The summed E-state index contributed by atoms with van der Waals surface area (Å²) < 4.78 is 1.81. The number of hydrogen-bond donors (Lipinski definition) is 1. The zero-order chi connectivity index (χ0) is 11.5. The second kappa shape index (κ2) is 4.35. The van der Waals surface area contributed by atoms with Gasteiger partial charge in [0.05, 0.1) is 0 Å². The molecule has 4 nitrogen and oxygen atoms in total. The Morgan fingerprint density at radius 1 is 1.56 bits per heavy atom. The van der Waals surface area contributed by atoms with E-state index < -0.39 is 0 Å². The minimum atomic E-state index is 0.340. The Bertz CT molecular complexity index is 501. The van der Waals surface area contributed by atoms with Crippen LogP contribution in [0.4, 0.5) is 5.82 Å². The molecule has 1 unspecified atom stereocenters. The van der Waals surface area contributed by atoms with E-state index in [0.717, 1.165) is 17.9 Å². The van der Waals surface area contributed by atoms with E-state index >= 15 is 0 Å². The van der Waals surface area contributed by atoms with E-state index in [4.69, 9.17) is 0 Å². The van der Waals surface area contributed by atoms with Crippen molar-refractivity contribution in [2.45, 2.75) is 26.3 Å². The van der Waals surface area contributed by atoms with E-state index in [1.165, 1.54) is 5.56 Å². The molecule has 4 heteroatoms. The maximum Gasteiger partial charge on any atom is 0.157 e. The minimum Gasteiger partial charge on any atom is -0.367 e. The molecule has 0 fully saturated rings. The molecule has 0 aliphatic rings. The number of aromatic nitrogens is 3. The second-order valence-corrected chi connectivity index (χ2v) is 4.02. The van der Waals surface area contributed by atoms with Crippen LogP contribution in [0.3, 0.4) is 0 Å². The van der Waals surface area contributed by atoms with E-state index in [2.05, 4.69) is 41.9 Å². The van der Waals surface area contributed by atoms with Crippen molar-refractivity contribution in [1.82, 2.24) is 14.6 Å². The van der Waals surface area contributed by atoms with Gasteiger partial charge in [-0.05, 0) is 38.0 Å². The zero-order valence-electron chi connectivity index (χ0n) is 9.64. The summed E-state index contributed by atoms with van der Waals surface area (Å²) in [6.45, 7) is 7.91. The van der Waals surface area contributed by atoms with Crippen LogP contribution >= 0.6 is 0 Å². The molecule has 0 aliphatic heterocycles. The fourth-order valence-electron chi connectivity index (χ4n) is 1.72. The van der Waals surface area contributed by atoms with Gasteiger partial charge in [-0.2, -0.15) is 9.61 Å². The number of nitrogens with one attached hydrogen (secondary N) is 1. The molecule has 0 spiro atoms. The number of hydrogen-bond acceptors (Lipinski definition) is 3. The number of aryl methyl sites for hydroxylation is 1. The van der Waals surface area contributed by atoms with Crippen molar-refractivity contribution in [3.63, 3.8) is 0 Å². The fourth-order valence-corrected chi connectivity index (χ4v) is 1.72. The lowest BCUT2D eigenvalue weighted by molar-refractivity contribution is 0.792. The third-order valence-corrected chi connectivity index (χ3v) is 2.44. The van der Waals surface area contributed by atoms with Crippen molar-refractivity contribution < 1.29 is 0 Å². The van der Waals surface area contributed by atoms with Crippen molar-refractivity contribution in [2.24, 2.45) is 0 Å². The van der Waals surface area contributed by atoms with Gasteiger partial charge in [0.2, 0.25) is 0 Å². The summed E-state index contributed by atoms with van der Waals surface area (Å²) in [4.78, 5) is 4.19. The fraction of sp³-hybridized carbons (Fsp3) is 0.333. The van der Waals surface area contributed by atoms with E-state index in [0.29, 0.717) is 6.04 Å². The summed E-state index contributed by atoms with van der Waals surface area (Å²) in [7, 11) is 0. The van der Waals surface area contributed by atoms with Crippen molar-refractivity contribution in [3.8, 4) is 0 Å². The van der Waals surface area contributed by atoms with E-state index in [1.54, 1.807) is 6.33 Å². The van der Waals surface area contributed by atoms with Crippen LogP contribution in [0, 0.1) is 6.92 Å². The third-order valence-electron chi connectivity index (χ3n) is 2.44. The monoisotopic (exact) mass is 216 g/mol. The van der Waals surface area contributed by atoms with Gasteiger partial charge in [-0.15, -0.1) is 6.58 Å². The Kier molecular flexibility index (Phi) is 2.90. The Labute approximate surface area is 95.0 Å². The standard InChI is InChI=1S/C12H16N4/c1-4-5-10(3)15-12-7-9(2)6-11-13-8-14-16(11)12/h4,6-8,10,15H,1,5H2,2-3H3. The Hall–Kier alpha value is -1.84. The number of pyridine rings is 1. The molecule has 0 radical (unpaired) electrons. The average molecular weight is 216 g/mol. The topological polar surface area (TPSA) is 42.2 Å². The van der Waals surface area contributed by atoms with Crippen LogP contribution in [-0.2, 0) is 0 Å². The van der Waals surface area contributed by atoms with Crippen LogP contribution in [0.1, 0.15) is 18.9 Å². The molecule has 1 atom stereocenters. The van der Waals surface area contributed by atoms with E-state index in [1.807, 2.05) is 16.7 Å². The van der Waals surface area contributed by atoms with Gasteiger partial charge in [-0.25, -0.2) is 4.98 Å². The first-order valence-electron chi connectivity index (χ1n) is 5.38. The first kappa shape index (κ1) is 10.7. The smallest absolute Gasteiger partial charge is 0.157 e. The molecular weight excluding hydrogens is 200 g/mol. The molecular formula is C12H16N4. The summed E-state index contributed by atoms with van der Waals surface area (Å²) in [6, 6.07) is 4.42. The van der Waals surface area contributed by atoms with Crippen LogP contribution in [0.5, 0.6) is 0 Å². The molecule has 0 aromatic carbocycles. The number of nitrogens with zero attached hydrogens (tertiary/aromatic N) is 3. The highest BCUT2D eigenvalue weighted by atomic mass is 15.3. The maximum absolute atomic E-state index is 4.19. The maximum atomic E-state index is 4.19. The molecule has 0 saturated heterocycles. The predicted molar refractivity (Wildman–Crippen MR) is 65.6 cm³/mol. The molecule has 0 amide bonds. The van der Waals surface area contributed by atoms with Crippen LogP contribution in [0.15, 0.2) is 31.1 Å².